The average molecular weight is 240 g/mol. The molecule has 1 fully saturated rings. The van der Waals surface area contributed by atoms with Gasteiger partial charge in [0.2, 0.25) is 11.5 Å². The summed E-state index contributed by atoms with van der Waals surface area (Å²) in [6.45, 7) is 0.206. The number of aliphatic hydroxyl groups is 1. The van der Waals surface area contributed by atoms with Crippen molar-refractivity contribution in [1.82, 2.24) is 15.6 Å². The summed E-state index contributed by atoms with van der Waals surface area (Å²) in [6, 6.07) is 0. The van der Waals surface area contributed by atoms with E-state index in [1.54, 1.807) is 0 Å². The third-order valence-corrected chi connectivity index (χ3v) is 3.09. The number of aromatic nitrogens is 2. The molecule has 94 valence electrons. The number of anilines is 1. The van der Waals surface area contributed by atoms with Gasteiger partial charge in [-0.15, -0.1) is 0 Å². The van der Waals surface area contributed by atoms with Gasteiger partial charge in [0.25, 0.3) is 5.91 Å². The second-order valence-electron chi connectivity index (χ2n) is 4.47. The van der Waals surface area contributed by atoms with Gasteiger partial charge in [0.1, 0.15) is 0 Å². The smallest absolute Gasteiger partial charge is 0.277 e. The van der Waals surface area contributed by atoms with Crippen LogP contribution in [0.3, 0.4) is 0 Å². The van der Waals surface area contributed by atoms with E-state index in [0.29, 0.717) is 12.8 Å². The molecule has 7 nitrogen and oxygen atoms in total. The first kappa shape index (κ1) is 11.8. The van der Waals surface area contributed by atoms with E-state index in [0.717, 1.165) is 19.3 Å². The number of nitrogens with one attached hydrogen (secondary N) is 1. The third-order valence-electron chi connectivity index (χ3n) is 3.09. The van der Waals surface area contributed by atoms with Crippen LogP contribution >= 0.6 is 0 Å². The Labute approximate surface area is 98.3 Å². The van der Waals surface area contributed by atoms with Crippen molar-refractivity contribution in [3.63, 3.8) is 0 Å². The molecule has 0 radical (unpaired) electrons. The van der Waals surface area contributed by atoms with Gasteiger partial charge in [0.15, 0.2) is 0 Å². The van der Waals surface area contributed by atoms with Gasteiger partial charge in [-0.1, -0.05) is 19.3 Å². The molecule has 1 saturated carbocycles. The van der Waals surface area contributed by atoms with Gasteiger partial charge in [-0.3, -0.25) is 4.79 Å². The molecule has 1 amide bonds. The van der Waals surface area contributed by atoms with E-state index >= 15 is 0 Å². The van der Waals surface area contributed by atoms with Crippen molar-refractivity contribution in [3.8, 4) is 0 Å². The molecule has 1 heterocycles. The Balaban J connectivity index is 1.90. The second kappa shape index (κ2) is 4.70. The van der Waals surface area contributed by atoms with Crippen LogP contribution in [0.1, 0.15) is 42.6 Å². The number of nitrogen functional groups attached to an aromatic ring is 1. The van der Waals surface area contributed by atoms with Gasteiger partial charge in [-0.05, 0) is 23.2 Å². The van der Waals surface area contributed by atoms with Crippen LogP contribution < -0.4 is 11.1 Å². The number of carbonyl (C=O) groups is 1. The van der Waals surface area contributed by atoms with Gasteiger partial charge in [-0.25, -0.2) is 4.63 Å². The van der Waals surface area contributed by atoms with E-state index in [-0.39, 0.29) is 18.1 Å². The summed E-state index contributed by atoms with van der Waals surface area (Å²) in [7, 11) is 0. The first-order chi connectivity index (χ1) is 8.11. The number of rotatable bonds is 3. The summed E-state index contributed by atoms with van der Waals surface area (Å²) < 4.78 is 4.34. The van der Waals surface area contributed by atoms with Crippen molar-refractivity contribution in [2.24, 2.45) is 0 Å². The first-order valence-electron chi connectivity index (χ1n) is 5.69. The summed E-state index contributed by atoms with van der Waals surface area (Å²) >= 11 is 0. The summed E-state index contributed by atoms with van der Waals surface area (Å²) in [4.78, 5) is 11.6. The van der Waals surface area contributed by atoms with Crippen molar-refractivity contribution in [1.29, 1.82) is 0 Å². The lowest BCUT2D eigenvalue weighted by molar-refractivity contribution is 0.00518. The minimum atomic E-state index is -0.806. The highest BCUT2D eigenvalue weighted by Gasteiger charge is 2.30. The molecule has 0 aromatic carbocycles. The highest BCUT2D eigenvalue weighted by atomic mass is 16.6. The first-order valence-corrected chi connectivity index (χ1v) is 5.69. The normalized spacial score (nSPS) is 18.9. The van der Waals surface area contributed by atoms with Crippen LogP contribution in [-0.4, -0.2) is 33.5 Å². The Bertz CT molecular complexity index is 398. The molecule has 4 N–H and O–H groups in total. The number of nitrogens with two attached hydrogens (primary N) is 1. The van der Waals surface area contributed by atoms with E-state index in [9.17, 15) is 9.90 Å². The van der Waals surface area contributed by atoms with Gasteiger partial charge < -0.3 is 16.2 Å². The fraction of sp³-hybridized carbons (Fsp3) is 0.700. The zero-order chi connectivity index (χ0) is 12.3. The van der Waals surface area contributed by atoms with Crippen LogP contribution in [0.25, 0.3) is 0 Å². The standard InChI is InChI=1S/C10H16N4O3/c11-8-7(13-17-14-8)9(15)12-6-10(16)4-2-1-3-5-10/h16H,1-6H2,(H2,11,14)(H,12,15). The quantitative estimate of drug-likeness (QED) is 0.689. The molecule has 0 spiro atoms. The van der Waals surface area contributed by atoms with E-state index < -0.39 is 11.5 Å². The SMILES string of the molecule is Nc1nonc1C(=O)NCC1(O)CCCCC1. The maximum atomic E-state index is 11.6. The van der Waals surface area contributed by atoms with Crippen LogP contribution in [0.2, 0.25) is 0 Å². The van der Waals surface area contributed by atoms with E-state index in [2.05, 4.69) is 20.3 Å². The van der Waals surface area contributed by atoms with Crippen LogP contribution in [0, 0.1) is 0 Å². The molecule has 0 unspecified atom stereocenters. The maximum absolute atomic E-state index is 11.6. The van der Waals surface area contributed by atoms with Crippen molar-refractivity contribution in [3.05, 3.63) is 5.69 Å². The second-order valence-corrected chi connectivity index (χ2v) is 4.47. The maximum Gasteiger partial charge on any atom is 0.277 e. The molecule has 1 aromatic rings. The molecule has 7 heteroatoms. The highest BCUT2D eigenvalue weighted by molar-refractivity contribution is 5.95. The largest absolute Gasteiger partial charge is 0.388 e. The van der Waals surface area contributed by atoms with Gasteiger partial charge in [-0.2, -0.15) is 0 Å². The minimum Gasteiger partial charge on any atom is -0.388 e. The Morgan fingerprint density at radius 1 is 1.41 bits per heavy atom. The highest BCUT2D eigenvalue weighted by Crippen LogP contribution is 2.27. The Morgan fingerprint density at radius 3 is 2.71 bits per heavy atom. The predicted molar refractivity (Wildman–Crippen MR) is 59.1 cm³/mol. The molecule has 0 saturated heterocycles. The predicted octanol–water partition coefficient (Wildman–Crippen LogP) is 0.0768. The van der Waals surface area contributed by atoms with Crippen molar-refractivity contribution < 1.29 is 14.5 Å². The van der Waals surface area contributed by atoms with E-state index in [1.165, 1.54) is 0 Å². The Hall–Kier alpha value is -1.63. The van der Waals surface area contributed by atoms with Crippen molar-refractivity contribution in [2.75, 3.05) is 12.3 Å². The monoisotopic (exact) mass is 240 g/mol. The Morgan fingerprint density at radius 2 is 2.12 bits per heavy atom. The van der Waals surface area contributed by atoms with Gasteiger partial charge in [0.05, 0.1) is 5.60 Å². The molecule has 1 aliphatic carbocycles. The van der Waals surface area contributed by atoms with Crippen molar-refractivity contribution in [2.45, 2.75) is 37.7 Å². The molecular weight excluding hydrogens is 224 g/mol. The molecule has 1 aliphatic rings. The number of nitrogens with zero attached hydrogens (tertiary/aromatic N) is 2. The van der Waals surface area contributed by atoms with Crippen molar-refractivity contribution >= 4 is 11.7 Å². The van der Waals surface area contributed by atoms with E-state index in [4.69, 9.17) is 5.73 Å². The number of amides is 1. The van der Waals surface area contributed by atoms with Gasteiger partial charge >= 0.3 is 0 Å². The topological polar surface area (TPSA) is 114 Å². The summed E-state index contributed by atoms with van der Waals surface area (Å²) in [5.41, 5.74) is 4.55. The lowest BCUT2D eigenvalue weighted by atomic mass is 9.85. The molecular formula is C10H16N4O3. The molecule has 0 bridgehead atoms. The van der Waals surface area contributed by atoms with Crippen LogP contribution in [0.4, 0.5) is 5.82 Å². The summed E-state index contributed by atoms with van der Waals surface area (Å²) in [5.74, 6) is -0.513. The van der Waals surface area contributed by atoms with Crippen LogP contribution in [0.15, 0.2) is 4.63 Å². The molecule has 0 atom stereocenters. The lowest BCUT2D eigenvalue weighted by Crippen LogP contribution is -2.44. The van der Waals surface area contributed by atoms with Crippen LogP contribution in [-0.2, 0) is 0 Å². The summed E-state index contributed by atoms with van der Waals surface area (Å²) in [5, 5.41) is 19.5. The van der Waals surface area contributed by atoms with E-state index in [1.807, 2.05) is 0 Å². The number of carbonyl (C=O) groups excluding carboxylic acids is 1. The molecule has 17 heavy (non-hydrogen) atoms. The third kappa shape index (κ3) is 2.73. The molecule has 2 rings (SSSR count). The fourth-order valence-electron chi connectivity index (χ4n) is 2.07. The zero-order valence-corrected chi connectivity index (χ0v) is 9.48. The Kier molecular flexibility index (Phi) is 3.28. The zero-order valence-electron chi connectivity index (χ0n) is 9.48. The number of hydrogen-bond acceptors (Lipinski definition) is 6. The molecule has 1 aromatic heterocycles. The van der Waals surface area contributed by atoms with Gasteiger partial charge in [0, 0.05) is 6.54 Å². The summed E-state index contributed by atoms with van der Waals surface area (Å²) in [6.07, 6.45) is 4.52. The lowest BCUT2D eigenvalue weighted by Gasteiger charge is -2.31. The average Bonchev–Trinajstić information content (AvgIpc) is 2.74. The van der Waals surface area contributed by atoms with Crippen LogP contribution in [0.5, 0.6) is 0 Å². The minimum absolute atomic E-state index is 0.0376. The number of hydrogen-bond donors (Lipinski definition) is 3. The molecule has 0 aliphatic heterocycles. The fourth-order valence-corrected chi connectivity index (χ4v) is 2.07.